The van der Waals surface area contributed by atoms with E-state index in [9.17, 15) is 18.0 Å². The molecule has 1 atom stereocenters. The van der Waals surface area contributed by atoms with Gasteiger partial charge in [0, 0.05) is 42.8 Å². The molecule has 3 rings (SSSR count). The minimum atomic E-state index is -4.32. The molecule has 150 valence electrons. The number of piperazine rings is 1. The average Bonchev–Trinajstić information content (AvgIpc) is 2.68. The molecule has 0 aliphatic carbocycles. The first-order valence-electron chi connectivity index (χ1n) is 9.02. The Morgan fingerprint density at radius 3 is 2.18 bits per heavy atom. The van der Waals surface area contributed by atoms with Crippen LogP contribution >= 0.6 is 11.8 Å². The van der Waals surface area contributed by atoms with Gasteiger partial charge in [0.15, 0.2) is 0 Å². The maximum Gasteiger partial charge on any atom is 0.446 e. The summed E-state index contributed by atoms with van der Waals surface area (Å²) < 4.78 is 37.1. The normalized spacial score (nSPS) is 16.6. The second kappa shape index (κ2) is 8.87. The third-order valence-corrected chi connectivity index (χ3v) is 5.51. The van der Waals surface area contributed by atoms with E-state index in [2.05, 4.69) is 29.3 Å². The molecular weight excluding hydrogens is 387 g/mol. The lowest BCUT2D eigenvalue weighted by atomic mass is 10.1. The number of nitrogens with zero attached hydrogens (tertiary/aromatic N) is 2. The van der Waals surface area contributed by atoms with Crippen LogP contribution in [0.2, 0.25) is 0 Å². The Morgan fingerprint density at radius 1 is 1.00 bits per heavy atom. The van der Waals surface area contributed by atoms with E-state index in [0.717, 1.165) is 13.1 Å². The number of thioether (sulfide) groups is 1. The first-order chi connectivity index (χ1) is 13.3. The molecule has 4 nitrogen and oxygen atoms in total. The number of carbonyl (C=O) groups is 1. The van der Waals surface area contributed by atoms with Crippen molar-refractivity contribution in [1.29, 1.82) is 0 Å². The van der Waals surface area contributed by atoms with Crippen LogP contribution in [0.3, 0.4) is 0 Å². The van der Waals surface area contributed by atoms with E-state index in [1.165, 1.54) is 29.8 Å². The molecule has 1 fully saturated rings. The number of amides is 2. The van der Waals surface area contributed by atoms with Crippen LogP contribution in [0.5, 0.6) is 0 Å². The van der Waals surface area contributed by atoms with Crippen LogP contribution in [-0.4, -0.2) is 47.5 Å². The summed E-state index contributed by atoms with van der Waals surface area (Å²) in [5.41, 5.74) is -2.59. The van der Waals surface area contributed by atoms with Gasteiger partial charge in [-0.15, -0.1) is 0 Å². The Bertz CT molecular complexity index is 776. The SMILES string of the molecule is CC(c1ccccc1)N1CCN(C(=O)Nc2ccc(SC(F)(F)F)cc2)CC1. The van der Waals surface area contributed by atoms with Gasteiger partial charge in [-0.3, -0.25) is 4.90 Å². The van der Waals surface area contributed by atoms with E-state index in [1.807, 2.05) is 18.2 Å². The molecule has 0 radical (unpaired) electrons. The fourth-order valence-electron chi connectivity index (χ4n) is 3.20. The Hall–Kier alpha value is -2.19. The predicted octanol–water partition coefficient (Wildman–Crippen LogP) is 5.21. The van der Waals surface area contributed by atoms with Crippen LogP contribution in [0.1, 0.15) is 18.5 Å². The lowest BCUT2D eigenvalue weighted by molar-refractivity contribution is -0.0328. The van der Waals surface area contributed by atoms with Crippen LogP contribution in [0.25, 0.3) is 0 Å². The van der Waals surface area contributed by atoms with Gasteiger partial charge in [-0.1, -0.05) is 30.3 Å². The van der Waals surface area contributed by atoms with E-state index in [-0.39, 0.29) is 28.7 Å². The van der Waals surface area contributed by atoms with Crippen molar-refractivity contribution in [3.05, 3.63) is 60.2 Å². The molecule has 1 heterocycles. The number of rotatable bonds is 4. The number of alkyl halides is 3. The maximum atomic E-state index is 12.4. The Balaban J connectivity index is 1.50. The van der Waals surface area contributed by atoms with Crippen molar-refractivity contribution in [1.82, 2.24) is 9.80 Å². The molecule has 1 saturated heterocycles. The summed E-state index contributed by atoms with van der Waals surface area (Å²) in [6.45, 7) is 4.90. The molecule has 2 aromatic rings. The minimum absolute atomic E-state index is 0.0917. The van der Waals surface area contributed by atoms with Crippen LogP contribution in [0.4, 0.5) is 23.7 Å². The van der Waals surface area contributed by atoms with Gasteiger partial charge in [-0.2, -0.15) is 13.2 Å². The zero-order chi connectivity index (χ0) is 20.1. The summed E-state index contributed by atoms with van der Waals surface area (Å²) in [5.74, 6) is 0. The summed E-state index contributed by atoms with van der Waals surface area (Å²) in [5, 5.41) is 2.76. The Kier molecular flexibility index (Phi) is 6.51. The number of carbonyl (C=O) groups excluding carboxylic acids is 1. The number of halogens is 3. The fourth-order valence-corrected chi connectivity index (χ4v) is 3.74. The van der Waals surface area contributed by atoms with E-state index >= 15 is 0 Å². The average molecular weight is 409 g/mol. The Morgan fingerprint density at radius 2 is 1.61 bits per heavy atom. The third kappa shape index (κ3) is 5.65. The van der Waals surface area contributed by atoms with Crippen LogP contribution in [0, 0.1) is 0 Å². The molecule has 0 saturated carbocycles. The molecule has 8 heteroatoms. The summed E-state index contributed by atoms with van der Waals surface area (Å²) in [4.78, 5) is 16.6. The molecule has 0 spiro atoms. The summed E-state index contributed by atoms with van der Waals surface area (Å²) in [6, 6.07) is 16.0. The first-order valence-corrected chi connectivity index (χ1v) is 9.84. The van der Waals surface area contributed by atoms with Crippen molar-refractivity contribution in [2.75, 3.05) is 31.5 Å². The standard InChI is InChI=1S/C20H22F3N3OS/c1-15(16-5-3-2-4-6-16)25-11-13-26(14-12-25)19(27)24-17-7-9-18(10-8-17)28-20(21,22)23/h2-10,15H,11-14H2,1H3,(H,24,27). The molecule has 1 aliphatic rings. The van der Waals surface area contributed by atoms with Gasteiger partial charge in [-0.25, -0.2) is 4.79 Å². The number of nitrogens with one attached hydrogen (secondary N) is 1. The van der Waals surface area contributed by atoms with Gasteiger partial charge in [0.05, 0.1) is 0 Å². The van der Waals surface area contributed by atoms with E-state index in [0.29, 0.717) is 18.8 Å². The van der Waals surface area contributed by atoms with Gasteiger partial charge in [-0.05, 0) is 48.5 Å². The number of urea groups is 1. The highest BCUT2D eigenvalue weighted by atomic mass is 32.2. The molecule has 2 aromatic carbocycles. The minimum Gasteiger partial charge on any atom is -0.322 e. The zero-order valence-corrected chi connectivity index (χ0v) is 16.3. The van der Waals surface area contributed by atoms with Gasteiger partial charge < -0.3 is 10.2 Å². The molecule has 1 aliphatic heterocycles. The number of anilines is 1. The largest absolute Gasteiger partial charge is 0.446 e. The third-order valence-electron chi connectivity index (χ3n) is 4.77. The second-order valence-corrected chi connectivity index (χ2v) is 7.75. The van der Waals surface area contributed by atoms with Crippen LogP contribution in [0.15, 0.2) is 59.5 Å². The highest BCUT2D eigenvalue weighted by Gasteiger charge is 2.29. The summed E-state index contributed by atoms with van der Waals surface area (Å²) in [6.07, 6.45) is 0. The number of hydrogen-bond acceptors (Lipinski definition) is 3. The van der Waals surface area contributed by atoms with Crippen molar-refractivity contribution in [2.24, 2.45) is 0 Å². The molecular formula is C20H22F3N3OS. The van der Waals surface area contributed by atoms with E-state index in [4.69, 9.17) is 0 Å². The van der Waals surface area contributed by atoms with Gasteiger partial charge >= 0.3 is 11.5 Å². The Labute approximate surface area is 166 Å². The maximum absolute atomic E-state index is 12.4. The van der Waals surface area contributed by atoms with E-state index in [1.54, 1.807) is 4.90 Å². The number of benzene rings is 2. The second-order valence-electron chi connectivity index (χ2n) is 6.61. The molecule has 28 heavy (non-hydrogen) atoms. The predicted molar refractivity (Wildman–Crippen MR) is 105 cm³/mol. The van der Waals surface area contributed by atoms with Crippen molar-refractivity contribution in [3.63, 3.8) is 0 Å². The van der Waals surface area contributed by atoms with Crippen LogP contribution < -0.4 is 5.32 Å². The molecule has 0 bridgehead atoms. The summed E-state index contributed by atoms with van der Waals surface area (Å²) >= 11 is -0.171. The monoisotopic (exact) mass is 409 g/mol. The quantitative estimate of drug-likeness (QED) is 0.704. The zero-order valence-electron chi connectivity index (χ0n) is 15.4. The van der Waals surface area contributed by atoms with Crippen LogP contribution in [-0.2, 0) is 0 Å². The molecule has 1 unspecified atom stereocenters. The van der Waals surface area contributed by atoms with Gasteiger partial charge in [0.25, 0.3) is 0 Å². The van der Waals surface area contributed by atoms with Gasteiger partial charge in [0.1, 0.15) is 0 Å². The summed E-state index contributed by atoms with van der Waals surface area (Å²) in [7, 11) is 0. The topological polar surface area (TPSA) is 35.6 Å². The van der Waals surface area contributed by atoms with Crippen molar-refractivity contribution in [3.8, 4) is 0 Å². The fraction of sp³-hybridized carbons (Fsp3) is 0.350. The van der Waals surface area contributed by atoms with E-state index < -0.39 is 5.51 Å². The lowest BCUT2D eigenvalue weighted by Gasteiger charge is -2.38. The van der Waals surface area contributed by atoms with Crippen molar-refractivity contribution >= 4 is 23.5 Å². The number of hydrogen-bond donors (Lipinski definition) is 1. The van der Waals surface area contributed by atoms with Crippen molar-refractivity contribution in [2.45, 2.75) is 23.4 Å². The molecule has 1 N–H and O–H groups in total. The first kappa shape index (κ1) is 20.5. The molecule has 2 amide bonds. The molecule has 0 aromatic heterocycles. The smallest absolute Gasteiger partial charge is 0.322 e. The highest BCUT2D eigenvalue weighted by molar-refractivity contribution is 8.00. The van der Waals surface area contributed by atoms with Gasteiger partial charge in [0.2, 0.25) is 0 Å². The lowest BCUT2D eigenvalue weighted by Crippen LogP contribution is -2.50. The van der Waals surface area contributed by atoms with Crippen molar-refractivity contribution < 1.29 is 18.0 Å². The highest BCUT2D eigenvalue weighted by Crippen LogP contribution is 2.37.